The molecule has 0 unspecified atom stereocenters. The van der Waals surface area contributed by atoms with E-state index >= 15 is 0 Å². The van der Waals surface area contributed by atoms with Gasteiger partial charge in [0, 0.05) is 16.7 Å². The molecule has 0 aromatic heterocycles. The number of rotatable bonds is 6. The average molecular weight is 370 g/mol. The van der Waals surface area contributed by atoms with Crippen molar-refractivity contribution in [2.24, 2.45) is 28.3 Å². The minimum Gasteiger partial charge on any atom is -0.493 e. The highest BCUT2D eigenvalue weighted by atomic mass is 16.5. The molecule has 5 heteroatoms. The Morgan fingerprint density at radius 1 is 1.07 bits per heavy atom. The minimum absolute atomic E-state index is 0.202. The molecule has 5 rings (SSSR count). The Bertz CT molecular complexity index is 721. The highest BCUT2D eigenvalue weighted by molar-refractivity contribution is 5.97. The van der Waals surface area contributed by atoms with Crippen LogP contribution < -0.4 is 14.9 Å². The van der Waals surface area contributed by atoms with E-state index in [1.165, 1.54) is 44.2 Å². The number of ether oxygens (including phenoxy) is 2. The summed E-state index contributed by atoms with van der Waals surface area (Å²) in [6.45, 7) is 2.17. The van der Waals surface area contributed by atoms with E-state index in [4.69, 9.17) is 9.47 Å². The van der Waals surface area contributed by atoms with E-state index in [1.54, 1.807) is 32.4 Å². The maximum atomic E-state index is 12.6. The van der Waals surface area contributed by atoms with Crippen LogP contribution in [0.25, 0.3) is 0 Å². The van der Waals surface area contributed by atoms with E-state index in [0.29, 0.717) is 17.1 Å². The SMILES string of the molecule is CC/C(=N/NC(=O)c1ccc(OC)c(OC)c1)C12CC3CC(CC(C3)C1)C2. The summed E-state index contributed by atoms with van der Waals surface area (Å²) in [5, 5.41) is 4.65. The lowest BCUT2D eigenvalue weighted by Gasteiger charge is -2.57. The van der Waals surface area contributed by atoms with Crippen LogP contribution in [0.4, 0.5) is 0 Å². The molecule has 4 aliphatic rings. The van der Waals surface area contributed by atoms with Crippen LogP contribution in [0.15, 0.2) is 23.3 Å². The molecule has 1 amide bonds. The Balaban J connectivity index is 1.52. The number of amides is 1. The molecular formula is C22H30N2O3. The lowest BCUT2D eigenvalue weighted by atomic mass is 9.48. The van der Waals surface area contributed by atoms with Gasteiger partial charge in [0.15, 0.2) is 11.5 Å². The Morgan fingerprint density at radius 2 is 1.67 bits per heavy atom. The molecule has 27 heavy (non-hydrogen) atoms. The molecule has 0 atom stereocenters. The molecular weight excluding hydrogens is 340 g/mol. The molecule has 1 N–H and O–H groups in total. The zero-order valence-electron chi connectivity index (χ0n) is 16.6. The summed E-state index contributed by atoms with van der Waals surface area (Å²) in [5.41, 5.74) is 4.76. The van der Waals surface area contributed by atoms with E-state index in [0.717, 1.165) is 24.2 Å². The van der Waals surface area contributed by atoms with Gasteiger partial charge in [0.25, 0.3) is 5.91 Å². The van der Waals surface area contributed by atoms with Crippen molar-refractivity contribution in [1.82, 2.24) is 5.43 Å². The zero-order valence-corrected chi connectivity index (χ0v) is 16.6. The van der Waals surface area contributed by atoms with Gasteiger partial charge in [-0.25, -0.2) is 5.43 Å². The maximum absolute atomic E-state index is 12.6. The van der Waals surface area contributed by atoms with Gasteiger partial charge in [-0.05, 0) is 80.9 Å². The first-order valence-corrected chi connectivity index (χ1v) is 10.2. The second-order valence-electron chi connectivity index (χ2n) is 8.62. The number of carbonyl (C=O) groups is 1. The average Bonchev–Trinajstić information content (AvgIpc) is 2.66. The van der Waals surface area contributed by atoms with Crippen LogP contribution in [0.2, 0.25) is 0 Å². The summed E-state index contributed by atoms with van der Waals surface area (Å²) in [7, 11) is 3.15. The third-order valence-corrected chi connectivity index (χ3v) is 6.92. The standard InChI is InChI=1S/C22H30N2O3/c1-4-20(22-11-14-7-15(12-22)9-16(8-14)13-22)23-24-21(25)17-5-6-18(26-2)19(10-17)27-3/h5-6,10,14-16H,4,7-9,11-13H2,1-3H3,(H,24,25)/b23-20-. The fourth-order valence-corrected chi connectivity index (χ4v) is 6.20. The normalized spacial score (nSPS) is 31.7. The van der Waals surface area contributed by atoms with Crippen LogP contribution in [0.5, 0.6) is 11.5 Å². The summed E-state index contributed by atoms with van der Waals surface area (Å²) < 4.78 is 10.5. The topological polar surface area (TPSA) is 59.9 Å². The van der Waals surface area contributed by atoms with E-state index < -0.39 is 0 Å². The monoisotopic (exact) mass is 370 g/mol. The molecule has 5 nitrogen and oxygen atoms in total. The fourth-order valence-electron chi connectivity index (χ4n) is 6.20. The Labute approximate surface area is 161 Å². The molecule has 4 fully saturated rings. The molecule has 0 heterocycles. The van der Waals surface area contributed by atoms with Crippen molar-refractivity contribution in [3.8, 4) is 11.5 Å². The van der Waals surface area contributed by atoms with Crippen LogP contribution in [-0.2, 0) is 0 Å². The van der Waals surface area contributed by atoms with Gasteiger partial charge < -0.3 is 9.47 Å². The molecule has 4 saturated carbocycles. The van der Waals surface area contributed by atoms with Crippen molar-refractivity contribution < 1.29 is 14.3 Å². The van der Waals surface area contributed by atoms with Crippen molar-refractivity contribution in [2.75, 3.05) is 14.2 Å². The first-order chi connectivity index (χ1) is 13.1. The zero-order chi connectivity index (χ0) is 19.0. The number of nitrogens with one attached hydrogen (secondary N) is 1. The summed E-state index contributed by atoms with van der Waals surface area (Å²) >= 11 is 0. The lowest BCUT2D eigenvalue weighted by Crippen LogP contribution is -2.50. The largest absolute Gasteiger partial charge is 0.493 e. The van der Waals surface area contributed by atoms with Crippen molar-refractivity contribution >= 4 is 11.6 Å². The Morgan fingerprint density at radius 3 is 2.19 bits per heavy atom. The van der Waals surface area contributed by atoms with Gasteiger partial charge >= 0.3 is 0 Å². The van der Waals surface area contributed by atoms with Gasteiger partial charge in [-0.3, -0.25) is 4.79 Å². The van der Waals surface area contributed by atoms with Crippen LogP contribution in [-0.4, -0.2) is 25.8 Å². The van der Waals surface area contributed by atoms with Crippen LogP contribution >= 0.6 is 0 Å². The number of carbonyl (C=O) groups excluding carboxylic acids is 1. The first-order valence-electron chi connectivity index (χ1n) is 10.2. The molecule has 0 saturated heterocycles. The van der Waals surface area contributed by atoms with Crippen LogP contribution in [0.3, 0.4) is 0 Å². The number of hydrazone groups is 1. The van der Waals surface area contributed by atoms with E-state index in [2.05, 4.69) is 17.5 Å². The molecule has 1 aromatic carbocycles. The van der Waals surface area contributed by atoms with Gasteiger partial charge in [-0.2, -0.15) is 5.10 Å². The second kappa shape index (κ2) is 7.17. The number of hydrogen-bond acceptors (Lipinski definition) is 4. The molecule has 0 spiro atoms. The third-order valence-electron chi connectivity index (χ3n) is 6.92. The van der Waals surface area contributed by atoms with Crippen molar-refractivity contribution in [3.63, 3.8) is 0 Å². The highest BCUT2D eigenvalue weighted by Gasteiger charge is 2.52. The fraction of sp³-hybridized carbons (Fsp3) is 0.636. The van der Waals surface area contributed by atoms with E-state index in [-0.39, 0.29) is 11.3 Å². The molecule has 0 aliphatic heterocycles. The summed E-state index contributed by atoms with van der Waals surface area (Å²) in [6.07, 6.45) is 8.92. The summed E-state index contributed by atoms with van der Waals surface area (Å²) in [5.74, 6) is 3.57. The molecule has 0 radical (unpaired) electrons. The summed E-state index contributed by atoms with van der Waals surface area (Å²) in [6, 6.07) is 5.18. The predicted molar refractivity (Wildman–Crippen MR) is 105 cm³/mol. The van der Waals surface area contributed by atoms with Gasteiger partial charge in [-0.15, -0.1) is 0 Å². The van der Waals surface area contributed by atoms with E-state index in [9.17, 15) is 4.79 Å². The van der Waals surface area contributed by atoms with Crippen molar-refractivity contribution in [3.05, 3.63) is 23.8 Å². The summed E-state index contributed by atoms with van der Waals surface area (Å²) in [4.78, 5) is 12.6. The number of methoxy groups -OCH3 is 2. The predicted octanol–water partition coefficient (Wildman–Crippen LogP) is 4.42. The maximum Gasteiger partial charge on any atom is 0.271 e. The molecule has 4 bridgehead atoms. The Hall–Kier alpha value is -2.04. The highest BCUT2D eigenvalue weighted by Crippen LogP contribution is 2.60. The lowest BCUT2D eigenvalue weighted by molar-refractivity contribution is -0.0134. The minimum atomic E-state index is -0.202. The smallest absolute Gasteiger partial charge is 0.271 e. The first kappa shape index (κ1) is 18.3. The third kappa shape index (κ3) is 3.32. The van der Waals surface area contributed by atoms with Gasteiger partial charge in [0.2, 0.25) is 0 Å². The van der Waals surface area contributed by atoms with Gasteiger partial charge in [-0.1, -0.05) is 6.92 Å². The van der Waals surface area contributed by atoms with Crippen LogP contribution in [0, 0.1) is 23.2 Å². The van der Waals surface area contributed by atoms with Gasteiger partial charge in [0.05, 0.1) is 14.2 Å². The van der Waals surface area contributed by atoms with E-state index in [1.807, 2.05) is 0 Å². The second-order valence-corrected chi connectivity index (χ2v) is 8.62. The van der Waals surface area contributed by atoms with Gasteiger partial charge in [0.1, 0.15) is 0 Å². The molecule has 146 valence electrons. The Kier molecular flexibility index (Phi) is 4.87. The number of hydrogen-bond donors (Lipinski definition) is 1. The molecule has 4 aliphatic carbocycles. The van der Waals surface area contributed by atoms with Crippen LogP contribution in [0.1, 0.15) is 62.2 Å². The number of nitrogens with zero attached hydrogens (tertiary/aromatic N) is 1. The quantitative estimate of drug-likeness (QED) is 0.596. The number of benzene rings is 1. The van der Waals surface area contributed by atoms with Crippen molar-refractivity contribution in [2.45, 2.75) is 51.9 Å². The van der Waals surface area contributed by atoms with Crippen molar-refractivity contribution in [1.29, 1.82) is 0 Å². The molecule has 1 aromatic rings.